The van der Waals surface area contributed by atoms with E-state index in [1.165, 1.54) is 34.4 Å². The molecule has 0 saturated carbocycles. The lowest BCUT2D eigenvalue weighted by atomic mass is 10.0. The Bertz CT molecular complexity index is 1700. The molecule has 3 heterocycles. The lowest BCUT2D eigenvalue weighted by Gasteiger charge is -2.28. The van der Waals surface area contributed by atoms with Gasteiger partial charge >= 0.3 is 0 Å². The standard InChI is InChI=1S/C35H34FN5O3S/c36-28-13-14-30(44-24-25-8-3-1-4-9-25)29(22-28)32(33(42)39-35-38-17-21-45-35)41-23-27-12-7-11-26(31(27)34(41)43)10-5-2-6-18-40-19-15-37-16-20-40/h1,3-4,7-9,11-14,17,21-22,32,37H,2,6,15-16,18-20,23-24H2,(H,38,39,42). The molecule has 3 aromatic carbocycles. The van der Waals surface area contributed by atoms with E-state index < -0.39 is 17.8 Å². The van der Waals surface area contributed by atoms with Crippen LogP contribution in [0.25, 0.3) is 0 Å². The molecule has 1 aromatic heterocycles. The second-order valence-corrected chi connectivity index (χ2v) is 11.8. The number of hydrogen-bond acceptors (Lipinski definition) is 7. The highest BCUT2D eigenvalue weighted by molar-refractivity contribution is 7.13. The number of ether oxygens (including phenoxy) is 1. The van der Waals surface area contributed by atoms with Crippen LogP contribution in [0.15, 0.2) is 78.3 Å². The van der Waals surface area contributed by atoms with E-state index in [0.717, 1.165) is 56.7 Å². The monoisotopic (exact) mass is 623 g/mol. The van der Waals surface area contributed by atoms with Gasteiger partial charge in [0.05, 0.1) is 5.56 Å². The van der Waals surface area contributed by atoms with Crippen LogP contribution in [0.3, 0.4) is 0 Å². The summed E-state index contributed by atoms with van der Waals surface area (Å²) in [5.41, 5.74) is 3.03. The third-order valence-electron chi connectivity index (χ3n) is 7.90. The van der Waals surface area contributed by atoms with Crippen molar-refractivity contribution in [1.82, 2.24) is 20.1 Å². The summed E-state index contributed by atoms with van der Waals surface area (Å²) >= 11 is 1.26. The number of hydrogen-bond donors (Lipinski definition) is 2. The molecule has 2 amide bonds. The summed E-state index contributed by atoms with van der Waals surface area (Å²) in [5, 5.41) is 8.30. The van der Waals surface area contributed by atoms with Crippen molar-refractivity contribution < 1.29 is 18.7 Å². The molecule has 2 aliphatic rings. The first-order valence-electron chi connectivity index (χ1n) is 15.1. The summed E-state index contributed by atoms with van der Waals surface area (Å²) in [7, 11) is 0. The molecule has 4 aromatic rings. The van der Waals surface area contributed by atoms with Gasteiger partial charge in [0.1, 0.15) is 24.2 Å². The van der Waals surface area contributed by atoms with Crippen molar-refractivity contribution in [3.05, 3.63) is 112 Å². The van der Waals surface area contributed by atoms with E-state index in [1.807, 2.05) is 48.5 Å². The highest BCUT2D eigenvalue weighted by Gasteiger charge is 2.40. The van der Waals surface area contributed by atoms with Crippen LogP contribution in [0.2, 0.25) is 0 Å². The quantitative estimate of drug-likeness (QED) is 0.186. The zero-order valence-electron chi connectivity index (χ0n) is 24.8. The van der Waals surface area contributed by atoms with Crippen LogP contribution in [0, 0.1) is 17.7 Å². The van der Waals surface area contributed by atoms with Crippen molar-refractivity contribution in [2.45, 2.75) is 32.0 Å². The molecule has 0 spiro atoms. The Morgan fingerprint density at radius 1 is 1.11 bits per heavy atom. The Labute approximate surface area is 266 Å². The minimum atomic E-state index is -1.19. The van der Waals surface area contributed by atoms with Crippen LogP contribution in [-0.4, -0.2) is 59.3 Å². The van der Waals surface area contributed by atoms with Crippen molar-refractivity contribution in [1.29, 1.82) is 0 Å². The Morgan fingerprint density at radius 3 is 2.76 bits per heavy atom. The maximum atomic E-state index is 14.8. The summed E-state index contributed by atoms with van der Waals surface area (Å²) < 4.78 is 21.0. The van der Waals surface area contributed by atoms with E-state index in [1.54, 1.807) is 11.6 Å². The van der Waals surface area contributed by atoms with Gasteiger partial charge in [-0.3, -0.25) is 14.9 Å². The number of nitrogens with zero attached hydrogens (tertiary/aromatic N) is 3. The van der Waals surface area contributed by atoms with Gasteiger partial charge in [0, 0.05) is 61.8 Å². The number of aromatic nitrogens is 1. The number of unbranched alkanes of at least 4 members (excludes halogenated alkanes) is 1. The lowest BCUT2D eigenvalue weighted by molar-refractivity contribution is -0.120. The molecule has 1 atom stereocenters. The molecule has 1 saturated heterocycles. The average molecular weight is 624 g/mol. The number of anilines is 1. The normalized spacial score (nSPS) is 15.2. The van der Waals surface area contributed by atoms with Crippen molar-refractivity contribution in [2.24, 2.45) is 0 Å². The number of benzene rings is 3. The molecule has 10 heteroatoms. The van der Waals surface area contributed by atoms with Crippen LogP contribution >= 0.6 is 11.3 Å². The zero-order chi connectivity index (χ0) is 31.0. The zero-order valence-corrected chi connectivity index (χ0v) is 25.6. The number of halogens is 1. The third-order valence-corrected chi connectivity index (χ3v) is 8.59. The van der Waals surface area contributed by atoms with Gasteiger partial charge in [-0.15, -0.1) is 11.3 Å². The molecule has 0 radical (unpaired) electrons. The van der Waals surface area contributed by atoms with Crippen molar-refractivity contribution >= 4 is 28.3 Å². The van der Waals surface area contributed by atoms with Gasteiger partial charge in [-0.05, 0) is 48.4 Å². The van der Waals surface area contributed by atoms with Gasteiger partial charge in [-0.1, -0.05) is 54.3 Å². The number of rotatable bonds is 10. The van der Waals surface area contributed by atoms with E-state index in [-0.39, 0.29) is 24.6 Å². The average Bonchev–Trinajstić information content (AvgIpc) is 3.69. The number of carbonyl (C=O) groups excluding carboxylic acids is 2. The number of nitrogens with one attached hydrogen (secondary N) is 2. The van der Waals surface area contributed by atoms with Crippen molar-refractivity contribution in [2.75, 3.05) is 38.0 Å². The highest BCUT2D eigenvalue weighted by Crippen LogP contribution is 2.38. The molecule has 2 aliphatic heterocycles. The molecular formula is C35H34FN5O3S. The third kappa shape index (κ3) is 7.40. The van der Waals surface area contributed by atoms with Gasteiger partial charge in [0.15, 0.2) is 5.13 Å². The summed E-state index contributed by atoms with van der Waals surface area (Å²) in [4.78, 5) is 36.1. The van der Waals surface area contributed by atoms with Crippen molar-refractivity contribution in [3.8, 4) is 17.6 Å². The van der Waals surface area contributed by atoms with Gasteiger partial charge in [-0.25, -0.2) is 9.37 Å². The predicted molar refractivity (Wildman–Crippen MR) is 172 cm³/mol. The fourth-order valence-corrected chi connectivity index (χ4v) is 6.22. The summed E-state index contributed by atoms with van der Waals surface area (Å²) in [5.74, 6) is 5.38. The van der Waals surface area contributed by atoms with Gasteiger partial charge in [-0.2, -0.15) is 0 Å². The SMILES string of the molecule is O=C(Nc1nccs1)C(c1cc(F)ccc1OCc1ccccc1)N1Cc2cccc(C#CCCCN3CCNCC3)c2C1=O. The number of carbonyl (C=O) groups is 2. The summed E-state index contributed by atoms with van der Waals surface area (Å²) in [6, 6.07) is 18.0. The molecule has 230 valence electrons. The molecule has 1 fully saturated rings. The van der Waals surface area contributed by atoms with E-state index in [0.29, 0.717) is 22.0 Å². The number of amides is 2. The van der Waals surface area contributed by atoms with E-state index >= 15 is 0 Å². The van der Waals surface area contributed by atoms with Crippen LogP contribution < -0.4 is 15.4 Å². The smallest absolute Gasteiger partial charge is 0.256 e. The number of fused-ring (bicyclic) bond motifs is 1. The molecule has 6 rings (SSSR count). The second kappa shape index (κ2) is 14.5. The summed E-state index contributed by atoms with van der Waals surface area (Å²) in [6.07, 6.45) is 3.25. The molecule has 8 nitrogen and oxygen atoms in total. The molecule has 0 bridgehead atoms. The maximum absolute atomic E-state index is 14.8. The Kier molecular flexibility index (Phi) is 9.80. The largest absolute Gasteiger partial charge is 0.489 e. The Balaban J connectivity index is 1.27. The van der Waals surface area contributed by atoms with Crippen LogP contribution in [-0.2, 0) is 17.9 Å². The molecule has 2 N–H and O–H groups in total. The van der Waals surface area contributed by atoms with Crippen LogP contribution in [0.5, 0.6) is 5.75 Å². The molecular weight excluding hydrogens is 589 g/mol. The molecule has 0 aliphatic carbocycles. The van der Waals surface area contributed by atoms with Crippen LogP contribution in [0.4, 0.5) is 9.52 Å². The van der Waals surface area contributed by atoms with Gasteiger partial charge in [0.25, 0.3) is 11.8 Å². The minimum absolute atomic E-state index is 0.164. The fraction of sp³-hybridized carbons (Fsp3) is 0.286. The maximum Gasteiger partial charge on any atom is 0.256 e. The van der Waals surface area contributed by atoms with E-state index in [9.17, 15) is 14.0 Å². The second-order valence-electron chi connectivity index (χ2n) is 11.0. The van der Waals surface area contributed by atoms with Gasteiger partial charge in [0.2, 0.25) is 0 Å². The van der Waals surface area contributed by atoms with E-state index in [2.05, 4.69) is 32.4 Å². The topological polar surface area (TPSA) is 86.8 Å². The molecule has 45 heavy (non-hydrogen) atoms. The lowest BCUT2D eigenvalue weighted by Crippen LogP contribution is -2.43. The minimum Gasteiger partial charge on any atom is -0.489 e. The number of piperazine rings is 1. The Hall–Kier alpha value is -4.56. The van der Waals surface area contributed by atoms with Crippen LogP contribution in [0.1, 0.15) is 51.5 Å². The highest BCUT2D eigenvalue weighted by atomic mass is 32.1. The summed E-state index contributed by atoms with van der Waals surface area (Å²) in [6.45, 7) is 5.49. The first-order valence-corrected chi connectivity index (χ1v) is 16.0. The van der Waals surface area contributed by atoms with Crippen molar-refractivity contribution in [3.63, 3.8) is 0 Å². The molecule has 1 unspecified atom stereocenters. The van der Waals surface area contributed by atoms with E-state index in [4.69, 9.17) is 4.74 Å². The first-order chi connectivity index (χ1) is 22.1. The Morgan fingerprint density at radius 2 is 1.96 bits per heavy atom. The predicted octanol–water partition coefficient (Wildman–Crippen LogP) is 5.23. The van der Waals surface area contributed by atoms with Gasteiger partial charge < -0.3 is 19.9 Å². The first kappa shape index (κ1) is 30.5. The number of thiazole rings is 1. The fourth-order valence-electron chi connectivity index (χ4n) is 5.69.